The van der Waals surface area contributed by atoms with Crippen LogP contribution in [0.5, 0.6) is 0 Å². The van der Waals surface area contributed by atoms with E-state index < -0.39 is 5.97 Å². The molecule has 1 fully saturated rings. The van der Waals surface area contributed by atoms with E-state index in [2.05, 4.69) is 18.7 Å². The molecule has 1 saturated heterocycles. The molecule has 1 aromatic carbocycles. The van der Waals surface area contributed by atoms with Gasteiger partial charge < -0.3 is 15.7 Å². The third-order valence-corrected chi connectivity index (χ3v) is 4.59. The molecule has 1 aliphatic rings. The third kappa shape index (κ3) is 2.39. The number of hydrogen-bond donors (Lipinski definition) is 2. The lowest BCUT2D eigenvalue weighted by Gasteiger charge is -2.28. The van der Waals surface area contributed by atoms with Crippen molar-refractivity contribution in [2.24, 2.45) is 5.41 Å². The van der Waals surface area contributed by atoms with Gasteiger partial charge >= 0.3 is 5.97 Å². The van der Waals surface area contributed by atoms with Crippen molar-refractivity contribution in [2.75, 3.05) is 23.7 Å². The second kappa shape index (κ2) is 5.11. The van der Waals surface area contributed by atoms with Gasteiger partial charge in [0.05, 0.1) is 16.9 Å². The number of hydrogen-bond acceptors (Lipinski definition) is 3. The Balaban J connectivity index is 2.30. The molecule has 3 N–H and O–H groups in total. The van der Waals surface area contributed by atoms with Crippen LogP contribution in [-0.4, -0.2) is 24.2 Å². The van der Waals surface area contributed by atoms with Crippen molar-refractivity contribution in [1.82, 2.24) is 0 Å². The number of rotatable bonds is 4. The fourth-order valence-corrected chi connectivity index (χ4v) is 2.98. The van der Waals surface area contributed by atoms with Crippen LogP contribution < -0.4 is 10.6 Å². The number of para-hydroxylation sites is 1. The van der Waals surface area contributed by atoms with Gasteiger partial charge in [-0.25, -0.2) is 4.79 Å². The van der Waals surface area contributed by atoms with Crippen molar-refractivity contribution in [3.63, 3.8) is 0 Å². The summed E-state index contributed by atoms with van der Waals surface area (Å²) in [7, 11) is 0. The van der Waals surface area contributed by atoms with Gasteiger partial charge in [0.1, 0.15) is 0 Å². The van der Waals surface area contributed by atoms with E-state index >= 15 is 0 Å². The van der Waals surface area contributed by atoms with Crippen molar-refractivity contribution in [2.45, 2.75) is 33.1 Å². The van der Waals surface area contributed by atoms with E-state index in [1.165, 1.54) is 0 Å². The highest BCUT2D eigenvalue weighted by Crippen LogP contribution is 2.40. The van der Waals surface area contributed by atoms with Crippen LogP contribution >= 0.6 is 0 Å². The number of anilines is 2. The van der Waals surface area contributed by atoms with E-state index in [1.807, 2.05) is 6.07 Å². The third-order valence-electron chi connectivity index (χ3n) is 4.59. The minimum absolute atomic E-state index is 0.197. The molecule has 0 atom stereocenters. The second-order valence-corrected chi connectivity index (χ2v) is 5.42. The normalized spacial score (nSPS) is 17.7. The van der Waals surface area contributed by atoms with Crippen LogP contribution in [0.3, 0.4) is 0 Å². The molecular formula is C15H22N2O2. The van der Waals surface area contributed by atoms with E-state index in [-0.39, 0.29) is 5.56 Å². The van der Waals surface area contributed by atoms with Crippen LogP contribution in [0.1, 0.15) is 43.5 Å². The van der Waals surface area contributed by atoms with Gasteiger partial charge in [0.15, 0.2) is 0 Å². The molecular weight excluding hydrogens is 240 g/mol. The van der Waals surface area contributed by atoms with Crippen LogP contribution in [-0.2, 0) is 0 Å². The number of aromatic carboxylic acids is 1. The van der Waals surface area contributed by atoms with Gasteiger partial charge in [-0.05, 0) is 36.8 Å². The topological polar surface area (TPSA) is 66.6 Å². The minimum atomic E-state index is -0.962. The molecule has 0 radical (unpaired) electrons. The standard InChI is InChI=1S/C15H22N2O2/c1-3-15(4-2)8-9-17(10-15)12-7-5-6-11(13(12)16)14(18)19/h5-7H,3-4,8-10,16H2,1-2H3,(H,18,19). The van der Waals surface area contributed by atoms with Crippen molar-refractivity contribution >= 4 is 17.3 Å². The average molecular weight is 262 g/mol. The smallest absolute Gasteiger partial charge is 0.337 e. The molecule has 1 aromatic rings. The first-order valence-corrected chi connectivity index (χ1v) is 6.89. The van der Waals surface area contributed by atoms with Crippen LogP contribution in [0.15, 0.2) is 18.2 Å². The fourth-order valence-electron chi connectivity index (χ4n) is 2.98. The van der Waals surface area contributed by atoms with Crippen LogP contribution in [0.4, 0.5) is 11.4 Å². The first-order valence-electron chi connectivity index (χ1n) is 6.89. The highest BCUT2D eigenvalue weighted by molar-refractivity contribution is 5.97. The Kier molecular flexibility index (Phi) is 3.69. The second-order valence-electron chi connectivity index (χ2n) is 5.42. The van der Waals surface area contributed by atoms with Gasteiger partial charge in [-0.2, -0.15) is 0 Å². The van der Waals surface area contributed by atoms with Crippen molar-refractivity contribution in [3.8, 4) is 0 Å². The van der Waals surface area contributed by atoms with E-state index in [4.69, 9.17) is 10.8 Å². The molecule has 0 spiro atoms. The summed E-state index contributed by atoms with van der Waals surface area (Å²) in [5.74, 6) is -0.962. The molecule has 0 aliphatic carbocycles. The SMILES string of the molecule is CCC1(CC)CCN(c2cccc(C(=O)O)c2N)C1. The summed E-state index contributed by atoms with van der Waals surface area (Å²) in [5.41, 5.74) is 7.81. The largest absolute Gasteiger partial charge is 0.478 e. The minimum Gasteiger partial charge on any atom is -0.478 e. The van der Waals surface area contributed by atoms with Crippen molar-refractivity contribution in [1.29, 1.82) is 0 Å². The first-order chi connectivity index (χ1) is 9.03. The Hall–Kier alpha value is -1.71. The van der Waals surface area contributed by atoms with Gasteiger partial charge in [0, 0.05) is 13.1 Å². The zero-order valence-electron chi connectivity index (χ0n) is 11.6. The fraction of sp³-hybridized carbons (Fsp3) is 0.533. The van der Waals surface area contributed by atoms with Gasteiger partial charge in [0.25, 0.3) is 0 Å². The number of nitrogens with two attached hydrogens (primary N) is 1. The average Bonchev–Trinajstić information content (AvgIpc) is 2.83. The van der Waals surface area contributed by atoms with Crippen LogP contribution in [0.2, 0.25) is 0 Å². The quantitative estimate of drug-likeness (QED) is 0.819. The molecule has 0 saturated carbocycles. The molecule has 2 rings (SSSR count). The lowest BCUT2D eigenvalue weighted by atomic mass is 9.82. The van der Waals surface area contributed by atoms with E-state index in [0.29, 0.717) is 11.1 Å². The Bertz CT molecular complexity index is 481. The molecule has 19 heavy (non-hydrogen) atoms. The summed E-state index contributed by atoms with van der Waals surface area (Å²) in [6.45, 7) is 6.37. The van der Waals surface area contributed by atoms with Gasteiger partial charge in [-0.15, -0.1) is 0 Å². The molecule has 0 unspecified atom stereocenters. The highest BCUT2D eigenvalue weighted by atomic mass is 16.4. The number of benzene rings is 1. The number of nitrogen functional groups attached to an aromatic ring is 1. The summed E-state index contributed by atoms with van der Waals surface area (Å²) < 4.78 is 0. The van der Waals surface area contributed by atoms with Crippen molar-refractivity contribution in [3.05, 3.63) is 23.8 Å². The van der Waals surface area contributed by atoms with E-state index in [1.54, 1.807) is 12.1 Å². The zero-order chi connectivity index (χ0) is 14.0. The summed E-state index contributed by atoms with van der Waals surface area (Å²) in [6, 6.07) is 5.25. The first kappa shape index (κ1) is 13.7. The number of carbonyl (C=O) groups is 1. The maximum Gasteiger partial charge on any atom is 0.337 e. The molecule has 1 heterocycles. The number of carboxylic acids is 1. The van der Waals surface area contributed by atoms with Gasteiger partial charge in [-0.1, -0.05) is 19.9 Å². The molecule has 104 valence electrons. The zero-order valence-corrected chi connectivity index (χ0v) is 11.6. The summed E-state index contributed by atoms with van der Waals surface area (Å²) in [4.78, 5) is 13.4. The van der Waals surface area contributed by atoms with Gasteiger partial charge in [0.2, 0.25) is 0 Å². The molecule has 4 nitrogen and oxygen atoms in total. The predicted molar refractivity (Wildman–Crippen MR) is 77.7 cm³/mol. The number of nitrogens with zero attached hydrogens (tertiary/aromatic N) is 1. The molecule has 0 amide bonds. The van der Waals surface area contributed by atoms with Crippen LogP contribution in [0.25, 0.3) is 0 Å². The van der Waals surface area contributed by atoms with Crippen molar-refractivity contribution < 1.29 is 9.90 Å². The maximum atomic E-state index is 11.1. The summed E-state index contributed by atoms with van der Waals surface area (Å²) in [5, 5.41) is 9.13. The maximum absolute atomic E-state index is 11.1. The lowest BCUT2D eigenvalue weighted by molar-refractivity contribution is 0.0698. The number of carboxylic acid groups (broad SMARTS) is 1. The van der Waals surface area contributed by atoms with Gasteiger partial charge in [-0.3, -0.25) is 0 Å². The molecule has 4 heteroatoms. The highest BCUT2D eigenvalue weighted by Gasteiger charge is 2.35. The van der Waals surface area contributed by atoms with E-state index in [0.717, 1.165) is 38.0 Å². The Morgan fingerprint density at radius 2 is 2.11 bits per heavy atom. The Morgan fingerprint density at radius 1 is 1.42 bits per heavy atom. The van der Waals surface area contributed by atoms with E-state index in [9.17, 15) is 4.79 Å². The monoisotopic (exact) mass is 262 g/mol. The summed E-state index contributed by atoms with van der Waals surface area (Å²) in [6.07, 6.45) is 3.45. The Morgan fingerprint density at radius 3 is 2.63 bits per heavy atom. The molecule has 1 aliphatic heterocycles. The Labute approximate surface area is 114 Å². The van der Waals surface area contributed by atoms with Crippen LogP contribution in [0, 0.1) is 5.41 Å². The predicted octanol–water partition coefficient (Wildman–Crippen LogP) is 2.98. The molecule has 0 bridgehead atoms. The summed E-state index contributed by atoms with van der Waals surface area (Å²) >= 11 is 0. The molecule has 0 aromatic heterocycles. The lowest BCUT2D eigenvalue weighted by Crippen LogP contribution is -2.27.